The molecule has 0 fully saturated rings. The van der Waals surface area contributed by atoms with Gasteiger partial charge in [0.1, 0.15) is 0 Å². The smallest absolute Gasteiger partial charge is 0.329 e. The summed E-state index contributed by atoms with van der Waals surface area (Å²) >= 11 is 14.1. The molecule has 3 amide bonds. The minimum Gasteiger partial charge on any atom is -0.493 e. The van der Waals surface area contributed by atoms with Crippen LogP contribution in [0.1, 0.15) is 16.7 Å². The molecule has 0 unspecified atom stereocenters. The Morgan fingerprint density at radius 2 is 1.79 bits per heavy atom. The molecule has 3 aromatic rings. The van der Waals surface area contributed by atoms with Crippen LogP contribution in [-0.2, 0) is 20.9 Å². The van der Waals surface area contributed by atoms with Gasteiger partial charge in [-0.05, 0) is 64.9 Å². The maximum Gasteiger partial charge on any atom is 0.329 e. The second kappa shape index (κ2) is 14.0. The van der Waals surface area contributed by atoms with Gasteiger partial charge in [0.05, 0.1) is 32.6 Å². The van der Waals surface area contributed by atoms with Crippen molar-refractivity contribution in [2.45, 2.75) is 13.5 Å². The molecule has 12 heteroatoms. The number of aryl methyl sites for hydroxylation is 1. The summed E-state index contributed by atoms with van der Waals surface area (Å²) in [7, 11) is 1.45. The molecule has 3 rings (SSSR count). The molecule has 3 N–H and O–H groups in total. The number of nitrogens with zero attached hydrogens (tertiary/aromatic N) is 1. The van der Waals surface area contributed by atoms with Crippen molar-refractivity contribution in [3.63, 3.8) is 0 Å². The van der Waals surface area contributed by atoms with Crippen LogP contribution in [0, 0.1) is 10.5 Å². The van der Waals surface area contributed by atoms with E-state index in [1.165, 1.54) is 13.3 Å². The van der Waals surface area contributed by atoms with Gasteiger partial charge in [0.2, 0.25) is 0 Å². The Kier molecular flexibility index (Phi) is 10.7. The average Bonchev–Trinajstić information content (AvgIpc) is 2.89. The summed E-state index contributed by atoms with van der Waals surface area (Å²) in [5.74, 6) is -1.47. The first-order valence-corrected chi connectivity index (χ1v) is 12.9. The molecular formula is C26H23Cl2IN4O5. The van der Waals surface area contributed by atoms with Crippen molar-refractivity contribution in [3.05, 3.63) is 84.9 Å². The summed E-state index contributed by atoms with van der Waals surface area (Å²) in [4.78, 5) is 36.4. The van der Waals surface area contributed by atoms with Crippen LogP contribution in [0.4, 0.5) is 5.69 Å². The number of hydrogen-bond donors (Lipinski definition) is 3. The van der Waals surface area contributed by atoms with E-state index >= 15 is 0 Å². The number of halogens is 3. The highest BCUT2D eigenvalue weighted by atomic mass is 127. The molecular weight excluding hydrogens is 646 g/mol. The number of carbonyl (C=O) groups excluding carboxylic acids is 3. The number of nitrogens with one attached hydrogen (secondary N) is 3. The molecule has 38 heavy (non-hydrogen) atoms. The summed E-state index contributed by atoms with van der Waals surface area (Å²) in [6.07, 6.45) is 1.35. The Morgan fingerprint density at radius 3 is 2.50 bits per heavy atom. The third-order valence-corrected chi connectivity index (χ3v) is 6.60. The largest absolute Gasteiger partial charge is 0.493 e. The molecule has 0 bridgehead atoms. The third kappa shape index (κ3) is 8.33. The van der Waals surface area contributed by atoms with Gasteiger partial charge in [-0.1, -0.05) is 59.1 Å². The fraction of sp³-hybridized carbons (Fsp3) is 0.154. The molecule has 0 aromatic heterocycles. The van der Waals surface area contributed by atoms with Crippen molar-refractivity contribution in [2.75, 3.05) is 19.0 Å². The molecule has 0 aliphatic carbocycles. The minimum absolute atomic E-state index is 0.220. The van der Waals surface area contributed by atoms with Gasteiger partial charge < -0.3 is 20.1 Å². The fourth-order valence-corrected chi connectivity index (χ4v) is 4.19. The lowest BCUT2D eigenvalue weighted by atomic mass is 10.1. The molecule has 3 aromatic carbocycles. The molecule has 0 heterocycles. The molecule has 0 spiro atoms. The van der Waals surface area contributed by atoms with Gasteiger partial charge >= 0.3 is 11.8 Å². The zero-order valence-electron chi connectivity index (χ0n) is 20.3. The van der Waals surface area contributed by atoms with Crippen LogP contribution in [0.2, 0.25) is 10.0 Å². The lowest BCUT2D eigenvalue weighted by molar-refractivity contribution is -0.139. The number of rotatable bonds is 9. The number of hydrazone groups is 1. The second-order valence-electron chi connectivity index (χ2n) is 7.84. The van der Waals surface area contributed by atoms with Crippen LogP contribution in [-0.4, -0.2) is 37.7 Å². The zero-order valence-corrected chi connectivity index (χ0v) is 24.0. The van der Waals surface area contributed by atoms with Crippen molar-refractivity contribution < 1.29 is 23.9 Å². The molecule has 9 nitrogen and oxygen atoms in total. The van der Waals surface area contributed by atoms with Crippen molar-refractivity contribution >= 4 is 75.4 Å². The van der Waals surface area contributed by atoms with E-state index < -0.39 is 17.7 Å². The summed E-state index contributed by atoms with van der Waals surface area (Å²) in [6, 6.07) is 15.8. The van der Waals surface area contributed by atoms with Gasteiger partial charge in [0.15, 0.2) is 18.1 Å². The van der Waals surface area contributed by atoms with Gasteiger partial charge in [-0.3, -0.25) is 14.4 Å². The summed E-state index contributed by atoms with van der Waals surface area (Å²) in [5, 5.41) is 9.56. The van der Waals surface area contributed by atoms with Gasteiger partial charge in [-0.15, -0.1) is 0 Å². The predicted octanol–water partition coefficient (Wildman–Crippen LogP) is 4.70. The van der Waals surface area contributed by atoms with E-state index in [0.29, 0.717) is 31.3 Å². The van der Waals surface area contributed by atoms with Gasteiger partial charge in [0.25, 0.3) is 5.91 Å². The first-order valence-electron chi connectivity index (χ1n) is 11.1. The standard InChI is InChI=1S/C26H23Cl2IN4O5/c1-15-6-8-16(9-7-15)12-30-25(35)26(36)33-31-13-17-10-19(29)24(21(11-17)37-2)38-14-22(34)32-20-5-3-4-18(27)23(20)28/h3-11,13H,12,14H2,1-2H3,(H,30,35)(H,32,34)(H,33,36)/b31-13-. The Labute approximate surface area is 243 Å². The van der Waals surface area contributed by atoms with Crippen molar-refractivity contribution in [1.82, 2.24) is 10.7 Å². The van der Waals surface area contributed by atoms with Crippen LogP contribution in [0.25, 0.3) is 0 Å². The highest BCUT2D eigenvalue weighted by Gasteiger charge is 2.15. The van der Waals surface area contributed by atoms with E-state index in [4.69, 9.17) is 32.7 Å². The molecule has 0 aliphatic heterocycles. The number of carbonyl (C=O) groups is 3. The van der Waals surface area contributed by atoms with E-state index in [9.17, 15) is 14.4 Å². The zero-order chi connectivity index (χ0) is 27.7. The minimum atomic E-state index is -0.902. The van der Waals surface area contributed by atoms with E-state index in [0.717, 1.165) is 11.1 Å². The number of ether oxygens (including phenoxy) is 2. The van der Waals surface area contributed by atoms with Crippen LogP contribution in [0.15, 0.2) is 59.7 Å². The van der Waals surface area contributed by atoms with E-state index in [1.54, 1.807) is 30.3 Å². The Morgan fingerprint density at radius 1 is 1.05 bits per heavy atom. The number of hydrogen-bond acceptors (Lipinski definition) is 6. The monoisotopic (exact) mass is 668 g/mol. The molecule has 0 saturated carbocycles. The highest BCUT2D eigenvalue weighted by molar-refractivity contribution is 14.1. The van der Waals surface area contributed by atoms with E-state index in [1.807, 2.05) is 53.8 Å². The van der Waals surface area contributed by atoms with Crippen LogP contribution >= 0.6 is 45.8 Å². The van der Waals surface area contributed by atoms with Gasteiger partial charge in [-0.25, -0.2) is 5.43 Å². The molecule has 198 valence electrons. The quantitative estimate of drug-likeness (QED) is 0.132. The summed E-state index contributed by atoms with van der Waals surface area (Å²) in [5.41, 5.74) is 5.09. The molecule has 0 aliphatic rings. The van der Waals surface area contributed by atoms with Gasteiger partial charge in [-0.2, -0.15) is 5.10 Å². The van der Waals surface area contributed by atoms with Gasteiger partial charge in [0, 0.05) is 6.54 Å². The molecule has 0 saturated heterocycles. The maximum atomic E-state index is 12.4. The lowest BCUT2D eigenvalue weighted by Crippen LogP contribution is -2.37. The van der Waals surface area contributed by atoms with E-state index in [-0.39, 0.29) is 18.2 Å². The molecule has 0 radical (unpaired) electrons. The number of methoxy groups -OCH3 is 1. The lowest BCUT2D eigenvalue weighted by Gasteiger charge is -2.14. The third-order valence-electron chi connectivity index (χ3n) is 4.98. The first kappa shape index (κ1) is 29.2. The summed E-state index contributed by atoms with van der Waals surface area (Å²) in [6.45, 7) is 1.87. The summed E-state index contributed by atoms with van der Waals surface area (Å²) < 4.78 is 11.7. The van der Waals surface area contributed by atoms with E-state index in [2.05, 4.69) is 21.2 Å². The number of anilines is 1. The SMILES string of the molecule is COc1cc(/C=N\NC(=O)C(=O)NCc2ccc(C)cc2)cc(I)c1OCC(=O)Nc1cccc(Cl)c1Cl. The van der Waals surface area contributed by atoms with Crippen molar-refractivity contribution in [1.29, 1.82) is 0 Å². The van der Waals surface area contributed by atoms with Crippen molar-refractivity contribution in [3.8, 4) is 11.5 Å². The van der Waals surface area contributed by atoms with Crippen LogP contribution in [0.5, 0.6) is 11.5 Å². The number of amides is 3. The Bertz CT molecular complexity index is 1370. The highest BCUT2D eigenvalue weighted by Crippen LogP contribution is 2.34. The Hall–Kier alpha value is -3.35. The fourth-order valence-electron chi connectivity index (χ4n) is 3.06. The number of benzene rings is 3. The maximum absolute atomic E-state index is 12.4. The normalized spacial score (nSPS) is 10.7. The second-order valence-corrected chi connectivity index (χ2v) is 9.79. The van der Waals surface area contributed by atoms with Crippen LogP contribution in [0.3, 0.4) is 0 Å². The average molecular weight is 669 g/mol. The predicted molar refractivity (Wildman–Crippen MR) is 155 cm³/mol. The Balaban J connectivity index is 1.55. The topological polar surface area (TPSA) is 118 Å². The van der Waals surface area contributed by atoms with Crippen molar-refractivity contribution in [2.24, 2.45) is 5.10 Å². The molecule has 0 atom stereocenters. The first-order chi connectivity index (χ1) is 18.2. The van der Waals surface area contributed by atoms with Crippen LogP contribution < -0.4 is 25.5 Å².